The second kappa shape index (κ2) is 6.23. The molecule has 0 amide bonds. The van der Waals surface area contributed by atoms with Gasteiger partial charge in [0.2, 0.25) is 0 Å². The lowest BCUT2D eigenvalue weighted by molar-refractivity contribution is 0.355. The van der Waals surface area contributed by atoms with E-state index in [1.54, 1.807) is 14.2 Å². The zero-order valence-electron chi connectivity index (χ0n) is 12.2. The van der Waals surface area contributed by atoms with Crippen LogP contribution in [0.1, 0.15) is 12.7 Å². The van der Waals surface area contributed by atoms with Gasteiger partial charge in [0.25, 0.3) is 0 Å². The Morgan fingerprint density at radius 1 is 1.05 bits per heavy atom. The van der Waals surface area contributed by atoms with E-state index < -0.39 is 0 Å². The molecule has 0 aliphatic heterocycles. The van der Waals surface area contributed by atoms with Crippen LogP contribution < -0.4 is 14.8 Å². The molecule has 0 fully saturated rings. The maximum atomic E-state index is 5.33. The Bertz CT molecular complexity index is 577. The summed E-state index contributed by atoms with van der Waals surface area (Å²) in [6.45, 7) is 2.03. The molecule has 20 heavy (non-hydrogen) atoms. The third kappa shape index (κ3) is 2.82. The number of hydrogen-bond donors (Lipinski definition) is 1. The van der Waals surface area contributed by atoms with Gasteiger partial charge in [-0.1, -0.05) is 6.92 Å². The van der Waals surface area contributed by atoms with Crippen molar-refractivity contribution >= 4 is 5.82 Å². The van der Waals surface area contributed by atoms with Gasteiger partial charge in [-0.3, -0.25) is 0 Å². The Balaban J connectivity index is 2.50. The maximum Gasteiger partial charge on any atom is 0.161 e. The molecule has 1 heterocycles. The van der Waals surface area contributed by atoms with E-state index >= 15 is 0 Å². The molecule has 0 saturated carbocycles. The molecular weight excluding hydrogens is 254 g/mol. The normalized spacial score (nSPS) is 10.2. The minimum absolute atomic E-state index is 0.688. The van der Waals surface area contributed by atoms with Crippen molar-refractivity contribution in [3.63, 3.8) is 0 Å². The Morgan fingerprint density at radius 3 is 2.40 bits per heavy atom. The molecule has 2 rings (SSSR count). The molecule has 0 bridgehead atoms. The van der Waals surface area contributed by atoms with Crippen LogP contribution in [0.5, 0.6) is 11.5 Å². The second-order valence-electron chi connectivity index (χ2n) is 4.23. The third-order valence-corrected chi connectivity index (χ3v) is 3.02. The lowest BCUT2D eigenvalue weighted by Crippen LogP contribution is -2.01. The fourth-order valence-electron chi connectivity index (χ4n) is 1.93. The average Bonchev–Trinajstić information content (AvgIpc) is 2.53. The minimum Gasteiger partial charge on any atom is -0.493 e. The quantitative estimate of drug-likeness (QED) is 0.907. The Morgan fingerprint density at radius 2 is 1.80 bits per heavy atom. The van der Waals surface area contributed by atoms with Crippen LogP contribution in [0.4, 0.5) is 5.82 Å². The summed E-state index contributed by atoms with van der Waals surface area (Å²) in [5.74, 6) is 3.01. The predicted molar refractivity (Wildman–Crippen MR) is 79.5 cm³/mol. The number of anilines is 1. The molecule has 5 heteroatoms. The Hall–Kier alpha value is -2.30. The van der Waals surface area contributed by atoms with E-state index in [9.17, 15) is 0 Å². The summed E-state index contributed by atoms with van der Waals surface area (Å²) in [7, 11) is 5.09. The van der Waals surface area contributed by atoms with Crippen molar-refractivity contribution < 1.29 is 9.47 Å². The third-order valence-electron chi connectivity index (χ3n) is 3.02. The zero-order valence-corrected chi connectivity index (χ0v) is 12.2. The number of nitrogens with zero attached hydrogens (tertiary/aromatic N) is 2. The molecule has 0 aliphatic carbocycles. The van der Waals surface area contributed by atoms with Crippen LogP contribution in [0.25, 0.3) is 11.3 Å². The molecule has 5 nitrogen and oxygen atoms in total. The smallest absolute Gasteiger partial charge is 0.161 e. The Kier molecular flexibility index (Phi) is 4.40. The number of nitrogens with one attached hydrogen (secondary N) is 1. The predicted octanol–water partition coefficient (Wildman–Crippen LogP) is 2.76. The molecule has 106 valence electrons. The number of benzene rings is 1. The molecule has 0 spiro atoms. The van der Waals surface area contributed by atoms with E-state index in [0.717, 1.165) is 29.3 Å². The first-order chi connectivity index (χ1) is 9.71. The van der Waals surface area contributed by atoms with Crippen molar-refractivity contribution in [2.75, 3.05) is 26.6 Å². The largest absolute Gasteiger partial charge is 0.493 e. The van der Waals surface area contributed by atoms with Gasteiger partial charge in [0.05, 0.1) is 19.9 Å². The summed E-state index contributed by atoms with van der Waals surface area (Å²) < 4.78 is 10.6. The molecule has 0 atom stereocenters. The van der Waals surface area contributed by atoms with Crippen LogP contribution in [0.2, 0.25) is 0 Å². The molecule has 1 aromatic carbocycles. The highest BCUT2D eigenvalue weighted by Gasteiger charge is 2.09. The molecule has 0 unspecified atom stereocenters. The van der Waals surface area contributed by atoms with Crippen LogP contribution in [-0.4, -0.2) is 31.2 Å². The molecule has 1 N–H and O–H groups in total. The first-order valence-electron chi connectivity index (χ1n) is 6.50. The number of aromatic nitrogens is 2. The van der Waals surface area contributed by atoms with Gasteiger partial charge in [0.15, 0.2) is 11.5 Å². The standard InChI is InChI=1S/C15H19N3O2/c1-5-14-17-11(9-15(16-2)18-14)10-6-7-12(19-3)13(8-10)20-4/h6-9H,5H2,1-4H3,(H,16,17,18). The van der Waals surface area contributed by atoms with Crippen LogP contribution in [0.3, 0.4) is 0 Å². The number of rotatable bonds is 5. The van der Waals surface area contributed by atoms with Crippen molar-refractivity contribution in [2.24, 2.45) is 0 Å². The van der Waals surface area contributed by atoms with E-state index in [2.05, 4.69) is 15.3 Å². The van der Waals surface area contributed by atoms with Crippen LogP contribution >= 0.6 is 0 Å². The van der Waals surface area contributed by atoms with Gasteiger partial charge < -0.3 is 14.8 Å². The summed E-state index contributed by atoms with van der Waals surface area (Å²) >= 11 is 0. The van der Waals surface area contributed by atoms with Crippen molar-refractivity contribution in [2.45, 2.75) is 13.3 Å². The second-order valence-corrected chi connectivity index (χ2v) is 4.23. The maximum absolute atomic E-state index is 5.33. The summed E-state index contributed by atoms with van der Waals surface area (Å²) in [5, 5.41) is 3.06. The lowest BCUT2D eigenvalue weighted by Gasteiger charge is -2.11. The summed E-state index contributed by atoms with van der Waals surface area (Å²) in [5.41, 5.74) is 1.83. The van der Waals surface area contributed by atoms with E-state index in [0.29, 0.717) is 11.5 Å². The molecule has 0 aliphatic rings. The first kappa shape index (κ1) is 14.1. The minimum atomic E-state index is 0.688. The van der Waals surface area contributed by atoms with Crippen molar-refractivity contribution in [1.82, 2.24) is 9.97 Å². The van der Waals surface area contributed by atoms with Crippen LogP contribution in [0, 0.1) is 0 Å². The molecule has 0 saturated heterocycles. The number of hydrogen-bond acceptors (Lipinski definition) is 5. The van der Waals surface area contributed by atoms with Crippen molar-refractivity contribution in [3.8, 4) is 22.8 Å². The average molecular weight is 273 g/mol. The summed E-state index contributed by atoms with van der Waals surface area (Å²) in [6.07, 6.45) is 0.788. The summed E-state index contributed by atoms with van der Waals surface area (Å²) in [4.78, 5) is 8.95. The van der Waals surface area contributed by atoms with Crippen LogP contribution in [0.15, 0.2) is 24.3 Å². The van der Waals surface area contributed by atoms with Gasteiger partial charge in [-0.2, -0.15) is 0 Å². The lowest BCUT2D eigenvalue weighted by atomic mass is 10.1. The molecule has 2 aromatic rings. The van der Waals surface area contributed by atoms with Gasteiger partial charge in [-0.15, -0.1) is 0 Å². The number of methoxy groups -OCH3 is 2. The highest BCUT2D eigenvalue weighted by atomic mass is 16.5. The van der Waals surface area contributed by atoms with Crippen LogP contribution in [-0.2, 0) is 6.42 Å². The van der Waals surface area contributed by atoms with E-state index in [1.807, 2.05) is 38.2 Å². The van der Waals surface area contributed by atoms with Gasteiger partial charge in [-0.25, -0.2) is 9.97 Å². The van der Waals surface area contributed by atoms with Gasteiger partial charge in [0, 0.05) is 25.1 Å². The zero-order chi connectivity index (χ0) is 14.5. The fraction of sp³-hybridized carbons (Fsp3) is 0.333. The van der Waals surface area contributed by atoms with Gasteiger partial charge in [-0.05, 0) is 18.2 Å². The van der Waals surface area contributed by atoms with E-state index in [-0.39, 0.29) is 0 Å². The van der Waals surface area contributed by atoms with Crippen molar-refractivity contribution in [3.05, 3.63) is 30.1 Å². The van der Waals surface area contributed by atoms with E-state index in [1.165, 1.54) is 0 Å². The molecule has 0 radical (unpaired) electrons. The number of aryl methyl sites for hydroxylation is 1. The highest BCUT2D eigenvalue weighted by Crippen LogP contribution is 2.32. The molecule has 1 aromatic heterocycles. The topological polar surface area (TPSA) is 56.3 Å². The van der Waals surface area contributed by atoms with Crippen molar-refractivity contribution in [1.29, 1.82) is 0 Å². The summed E-state index contributed by atoms with van der Waals surface area (Å²) in [6, 6.07) is 7.67. The fourth-order valence-corrected chi connectivity index (χ4v) is 1.93. The number of ether oxygens (including phenoxy) is 2. The van der Waals surface area contributed by atoms with E-state index in [4.69, 9.17) is 9.47 Å². The Labute approximate surface area is 119 Å². The molecular formula is C15H19N3O2. The first-order valence-corrected chi connectivity index (χ1v) is 6.50. The highest BCUT2D eigenvalue weighted by molar-refractivity contribution is 5.66. The van der Waals surface area contributed by atoms with Gasteiger partial charge >= 0.3 is 0 Å². The van der Waals surface area contributed by atoms with Gasteiger partial charge in [0.1, 0.15) is 11.6 Å². The SMILES string of the molecule is CCc1nc(NC)cc(-c2ccc(OC)c(OC)c2)n1. The monoisotopic (exact) mass is 273 g/mol.